The Balaban J connectivity index is 2.31. The van der Waals surface area contributed by atoms with Gasteiger partial charge in [0.05, 0.1) is 0 Å². The van der Waals surface area contributed by atoms with Crippen molar-refractivity contribution in [1.82, 2.24) is 0 Å². The van der Waals surface area contributed by atoms with E-state index < -0.39 is 0 Å². The van der Waals surface area contributed by atoms with Crippen molar-refractivity contribution in [3.05, 3.63) is 70.8 Å². The van der Waals surface area contributed by atoms with Crippen LogP contribution in [0.3, 0.4) is 0 Å². The average Bonchev–Trinajstić information content (AvgIpc) is 2.73. The van der Waals surface area contributed by atoms with Crippen LogP contribution in [0.1, 0.15) is 101 Å². The molecule has 0 unspecified atom stereocenters. The predicted octanol–water partition coefficient (Wildman–Crippen LogP) is 8.68. The first-order valence-electron chi connectivity index (χ1n) is 12.0. The molecule has 0 atom stereocenters. The lowest BCUT2D eigenvalue weighted by atomic mass is 9.84. The van der Waals surface area contributed by atoms with Crippen molar-refractivity contribution in [3.63, 3.8) is 0 Å². The van der Waals surface area contributed by atoms with Crippen LogP contribution in [0.2, 0.25) is 0 Å². The molecule has 32 heavy (non-hydrogen) atoms. The van der Waals surface area contributed by atoms with Crippen molar-refractivity contribution >= 4 is 11.4 Å². The summed E-state index contributed by atoms with van der Waals surface area (Å²) in [5.74, 6) is 1.49. The quantitative estimate of drug-likeness (QED) is 0.386. The second kappa shape index (κ2) is 9.40. The van der Waals surface area contributed by atoms with Crippen LogP contribution < -0.4 is 11.5 Å². The van der Waals surface area contributed by atoms with E-state index >= 15 is 0 Å². The molecule has 3 aromatic carbocycles. The summed E-state index contributed by atoms with van der Waals surface area (Å²) in [4.78, 5) is 0. The summed E-state index contributed by atoms with van der Waals surface area (Å²) in [5.41, 5.74) is 24.9. The average molecular weight is 429 g/mol. The van der Waals surface area contributed by atoms with Crippen molar-refractivity contribution in [2.24, 2.45) is 0 Å². The zero-order chi connectivity index (χ0) is 23.7. The van der Waals surface area contributed by atoms with Gasteiger partial charge in [-0.15, -0.1) is 0 Å². The van der Waals surface area contributed by atoms with Gasteiger partial charge in [0, 0.05) is 11.4 Å². The van der Waals surface area contributed by atoms with Crippen LogP contribution in [0.4, 0.5) is 11.4 Å². The molecule has 0 aromatic heterocycles. The van der Waals surface area contributed by atoms with Gasteiger partial charge in [0.25, 0.3) is 0 Å². The summed E-state index contributed by atoms with van der Waals surface area (Å²) in [6.07, 6.45) is 0. The molecule has 0 heterocycles. The lowest BCUT2D eigenvalue weighted by Gasteiger charge is -2.22. The van der Waals surface area contributed by atoms with Gasteiger partial charge in [-0.25, -0.2) is 0 Å². The van der Waals surface area contributed by atoms with E-state index in [0.717, 1.165) is 11.4 Å². The molecule has 0 bridgehead atoms. The van der Waals surface area contributed by atoms with Crippen molar-refractivity contribution in [2.75, 3.05) is 11.5 Å². The van der Waals surface area contributed by atoms with Crippen LogP contribution in [-0.2, 0) is 0 Å². The number of hydrogen-bond donors (Lipinski definition) is 2. The maximum atomic E-state index is 6.59. The maximum absolute atomic E-state index is 6.59. The summed E-state index contributed by atoms with van der Waals surface area (Å²) in [6.45, 7) is 17.7. The van der Waals surface area contributed by atoms with Crippen LogP contribution in [0.15, 0.2) is 48.5 Å². The molecule has 2 nitrogen and oxygen atoms in total. The summed E-state index contributed by atoms with van der Waals surface area (Å²) in [7, 11) is 0. The monoisotopic (exact) mass is 428 g/mol. The number of nitrogens with two attached hydrogens (primary N) is 2. The molecular formula is C30H40N2. The molecule has 0 saturated carbocycles. The fourth-order valence-electron chi connectivity index (χ4n) is 4.61. The van der Waals surface area contributed by atoms with Crippen LogP contribution in [0.25, 0.3) is 22.3 Å². The van der Waals surface area contributed by atoms with Gasteiger partial charge in [-0.3, -0.25) is 0 Å². The largest absolute Gasteiger partial charge is 0.398 e. The molecule has 3 aromatic rings. The van der Waals surface area contributed by atoms with Gasteiger partial charge >= 0.3 is 0 Å². The molecule has 0 aliphatic carbocycles. The van der Waals surface area contributed by atoms with Crippen LogP contribution >= 0.6 is 0 Å². The van der Waals surface area contributed by atoms with Gasteiger partial charge in [-0.1, -0.05) is 79.7 Å². The Morgan fingerprint density at radius 1 is 0.469 bits per heavy atom. The van der Waals surface area contributed by atoms with Gasteiger partial charge in [0.15, 0.2) is 0 Å². The van der Waals surface area contributed by atoms with Crippen molar-refractivity contribution in [3.8, 4) is 22.3 Å². The zero-order valence-corrected chi connectivity index (χ0v) is 21.1. The molecule has 0 fully saturated rings. The first kappa shape index (κ1) is 23.9. The summed E-state index contributed by atoms with van der Waals surface area (Å²) in [6, 6.07) is 17.9. The molecule has 4 N–H and O–H groups in total. The smallest absolute Gasteiger partial charge is 0.0384 e. The number of rotatable bonds is 6. The fraction of sp³-hybridized carbons (Fsp3) is 0.400. The Hall–Kier alpha value is -2.74. The highest BCUT2D eigenvalue weighted by molar-refractivity contribution is 5.86. The third-order valence-electron chi connectivity index (χ3n) is 6.53. The predicted molar refractivity (Wildman–Crippen MR) is 142 cm³/mol. The number of nitrogen functional groups attached to an aromatic ring is 2. The summed E-state index contributed by atoms with van der Waals surface area (Å²) < 4.78 is 0. The lowest BCUT2D eigenvalue weighted by molar-refractivity contribution is 0.840. The minimum Gasteiger partial charge on any atom is -0.398 e. The molecule has 0 aliphatic rings. The normalized spacial score (nSPS) is 11.9. The molecule has 0 radical (unpaired) electrons. The first-order chi connectivity index (χ1) is 15.0. The third-order valence-corrected chi connectivity index (χ3v) is 6.53. The van der Waals surface area contributed by atoms with E-state index in [0.29, 0.717) is 23.7 Å². The van der Waals surface area contributed by atoms with Crippen molar-refractivity contribution in [2.45, 2.75) is 79.1 Å². The number of hydrogen-bond acceptors (Lipinski definition) is 2. The molecule has 2 heteroatoms. The van der Waals surface area contributed by atoms with Gasteiger partial charge < -0.3 is 11.5 Å². The van der Waals surface area contributed by atoms with E-state index in [1.54, 1.807) is 0 Å². The first-order valence-corrected chi connectivity index (χ1v) is 12.0. The molecule has 0 aliphatic heterocycles. The minimum atomic E-state index is 0.372. The van der Waals surface area contributed by atoms with Gasteiger partial charge in [0.1, 0.15) is 0 Å². The standard InChI is InChI=1S/C30H40N2/c1-17(2)25-13-21(14-26(18(3)4)29(25)31)23-11-9-10-12-24(23)22-15-27(19(5)6)30(32)28(16-22)20(7)8/h9-20H,31-32H2,1-8H3. The van der Waals surface area contributed by atoms with Crippen molar-refractivity contribution in [1.29, 1.82) is 0 Å². The molecule has 170 valence electrons. The highest BCUT2D eigenvalue weighted by Crippen LogP contribution is 2.41. The second-order valence-corrected chi connectivity index (χ2v) is 10.3. The summed E-state index contributed by atoms with van der Waals surface area (Å²) in [5, 5.41) is 0. The van der Waals surface area contributed by atoms with E-state index in [-0.39, 0.29) is 0 Å². The minimum absolute atomic E-state index is 0.372. The highest BCUT2D eigenvalue weighted by atomic mass is 14.6. The van der Waals surface area contributed by atoms with Crippen LogP contribution in [0.5, 0.6) is 0 Å². The van der Waals surface area contributed by atoms with Gasteiger partial charge in [-0.2, -0.15) is 0 Å². The topological polar surface area (TPSA) is 52.0 Å². The third kappa shape index (κ3) is 4.55. The van der Waals surface area contributed by atoms with Gasteiger partial charge in [0.2, 0.25) is 0 Å². The number of benzene rings is 3. The number of anilines is 2. The van der Waals surface area contributed by atoms with E-state index in [1.165, 1.54) is 44.5 Å². The maximum Gasteiger partial charge on any atom is 0.0384 e. The molecule has 0 saturated heterocycles. The van der Waals surface area contributed by atoms with Crippen LogP contribution in [-0.4, -0.2) is 0 Å². The molecule has 0 amide bonds. The molecular weight excluding hydrogens is 388 g/mol. The Kier molecular flexibility index (Phi) is 7.03. The van der Waals surface area contributed by atoms with Gasteiger partial charge in [-0.05, 0) is 92.4 Å². The molecule has 0 spiro atoms. The SMILES string of the molecule is CC(C)c1cc(-c2ccccc2-c2cc(C(C)C)c(N)c(C(C)C)c2)cc(C(C)C)c1N. The summed E-state index contributed by atoms with van der Waals surface area (Å²) >= 11 is 0. The Labute approximate surface area is 195 Å². The Bertz CT molecular complexity index is 957. The van der Waals surface area contributed by atoms with E-state index in [1.807, 2.05) is 0 Å². The fourth-order valence-corrected chi connectivity index (χ4v) is 4.61. The second-order valence-electron chi connectivity index (χ2n) is 10.3. The van der Waals surface area contributed by atoms with Crippen LogP contribution in [0, 0.1) is 0 Å². The highest BCUT2D eigenvalue weighted by Gasteiger charge is 2.19. The zero-order valence-electron chi connectivity index (χ0n) is 21.1. The molecule has 3 rings (SSSR count). The Morgan fingerprint density at radius 3 is 0.938 bits per heavy atom. The van der Waals surface area contributed by atoms with E-state index in [2.05, 4.69) is 104 Å². The van der Waals surface area contributed by atoms with E-state index in [9.17, 15) is 0 Å². The van der Waals surface area contributed by atoms with Crippen molar-refractivity contribution < 1.29 is 0 Å². The van der Waals surface area contributed by atoms with E-state index in [4.69, 9.17) is 11.5 Å². The Morgan fingerprint density at radius 2 is 0.719 bits per heavy atom. The lowest BCUT2D eigenvalue weighted by Crippen LogP contribution is -2.05.